The van der Waals surface area contributed by atoms with E-state index in [1.54, 1.807) is 0 Å². The summed E-state index contributed by atoms with van der Waals surface area (Å²) in [6.45, 7) is 2.42. The van der Waals surface area contributed by atoms with Gasteiger partial charge in [-0.05, 0) is 36.9 Å². The van der Waals surface area contributed by atoms with E-state index in [4.69, 9.17) is 0 Å². The summed E-state index contributed by atoms with van der Waals surface area (Å²) in [6, 6.07) is 4.67. The van der Waals surface area contributed by atoms with Crippen LogP contribution in [0.1, 0.15) is 50.6 Å². The van der Waals surface area contributed by atoms with E-state index >= 15 is 0 Å². The molecule has 0 aliphatic heterocycles. The summed E-state index contributed by atoms with van der Waals surface area (Å²) in [7, 11) is 2.07. The molecule has 1 saturated carbocycles. The van der Waals surface area contributed by atoms with Crippen LogP contribution in [0.4, 0.5) is 0 Å². The van der Waals surface area contributed by atoms with Crippen molar-refractivity contribution in [2.45, 2.75) is 45.1 Å². The Balaban J connectivity index is 2.21. The second-order valence-corrected chi connectivity index (χ2v) is 5.22. The van der Waals surface area contributed by atoms with Gasteiger partial charge in [-0.15, -0.1) is 0 Å². The van der Waals surface area contributed by atoms with Gasteiger partial charge in [0.25, 0.3) is 0 Å². The van der Waals surface area contributed by atoms with Gasteiger partial charge in [-0.1, -0.05) is 32.3 Å². The average molecular weight is 218 g/mol. The zero-order valence-corrected chi connectivity index (χ0v) is 10.4. The second kappa shape index (κ2) is 4.96. The third-order valence-corrected chi connectivity index (χ3v) is 4.00. The first-order valence-corrected chi connectivity index (χ1v) is 6.33. The Morgan fingerprint density at radius 3 is 2.62 bits per heavy atom. The molecule has 0 aromatic carbocycles. The van der Waals surface area contributed by atoms with Gasteiger partial charge in [-0.3, -0.25) is 4.98 Å². The quantitative estimate of drug-likeness (QED) is 0.842. The minimum atomic E-state index is 0.399. The molecule has 2 rings (SSSR count). The lowest BCUT2D eigenvalue weighted by molar-refractivity contribution is 0.150. The lowest BCUT2D eigenvalue weighted by atomic mass is 9.69. The largest absolute Gasteiger partial charge is 0.312 e. The first kappa shape index (κ1) is 11.6. The van der Waals surface area contributed by atoms with Crippen molar-refractivity contribution in [1.29, 1.82) is 0 Å². The topological polar surface area (TPSA) is 24.9 Å². The van der Waals surface area contributed by atoms with Crippen LogP contribution >= 0.6 is 0 Å². The van der Waals surface area contributed by atoms with Crippen LogP contribution in [0.5, 0.6) is 0 Å². The van der Waals surface area contributed by atoms with Gasteiger partial charge in [-0.2, -0.15) is 0 Å². The fourth-order valence-electron chi connectivity index (χ4n) is 3.11. The zero-order valence-electron chi connectivity index (χ0n) is 10.4. The van der Waals surface area contributed by atoms with Crippen LogP contribution in [-0.2, 0) is 0 Å². The van der Waals surface area contributed by atoms with Crippen LogP contribution in [0.2, 0.25) is 0 Å². The molecule has 1 atom stereocenters. The van der Waals surface area contributed by atoms with Crippen molar-refractivity contribution in [2.24, 2.45) is 5.41 Å². The van der Waals surface area contributed by atoms with Gasteiger partial charge in [0.15, 0.2) is 0 Å². The first-order chi connectivity index (χ1) is 7.76. The van der Waals surface area contributed by atoms with Gasteiger partial charge < -0.3 is 5.32 Å². The van der Waals surface area contributed by atoms with Crippen LogP contribution in [0, 0.1) is 5.41 Å². The number of aromatic nitrogens is 1. The molecule has 0 bridgehead atoms. The molecule has 1 aromatic rings. The molecular formula is C14H22N2. The highest BCUT2D eigenvalue weighted by atomic mass is 14.9. The van der Waals surface area contributed by atoms with E-state index in [1.807, 2.05) is 18.5 Å². The van der Waals surface area contributed by atoms with E-state index < -0.39 is 0 Å². The summed E-state index contributed by atoms with van der Waals surface area (Å²) in [4.78, 5) is 4.24. The lowest BCUT2D eigenvalue weighted by Gasteiger charge is -2.40. The number of pyridine rings is 1. The maximum atomic E-state index is 4.24. The molecule has 1 N–H and O–H groups in total. The molecule has 2 heteroatoms. The average Bonchev–Trinajstić information content (AvgIpc) is 2.32. The molecule has 0 saturated heterocycles. The van der Waals surface area contributed by atoms with E-state index in [-0.39, 0.29) is 0 Å². The van der Waals surface area contributed by atoms with E-state index in [0.717, 1.165) is 0 Å². The van der Waals surface area contributed by atoms with Crippen LogP contribution in [0.3, 0.4) is 0 Å². The highest BCUT2D eigenvalue weighted by Gasteiger charge is 2.35. The summed E-state index contributed by atoms with van der Waals surface area (Å²) in [5.74, 6) is 0. The third kappa shape index (κ3) is 2.27. The predicted octanol–water partition coefficient (Wildman–Crippen LogP) is 3.31. The van der Waals surface area contributed by atoms with E-state index in [9.17, 15) is 0 Å². The second-order valence-electron chi connectivity index (χ2n) is 5.22. The molecule has 1 aliphatic rings. The third-order valence-electron chi connectivity index (χ3n) is 4.00. The monoisotopic (exact) mass is 218 g/mol. The smallest absolute Gasteiger partial charge is 0.0387 e. The molecular weight excluding hydrogens is 196 g/mol. The number of nitrogens with one attached hydrogen (secondary N) is 1. The highest BCUT2D eigenvalue weighted by molar-refractivity contribution is 5.17. The molecule has 1 aliphatic carbocycles. The molecule has 1 unspecified atom stereocenters. The molecule has 0 radical (unpaired) electrons. The van der Waals surface area contributed by atoms with Crippen molar-refractivity contribution >= 4 is 0 Å². The maximum absolute atomic E-state index is 4.24. The lowest BCUT2D eigenvalue weighted by Crippen LogP contribution is -2.36. The Hall–Kier alpha value is -0.890. The van der Waals surface area contributed by atoms with Gasteiger partial charge >= 0.3 is 0 Å². The minimum absolute atomic E-state index is 0.399. The van der Waals surface area contributed by atoms with Crippen LogP contribution in [0.25, 0.3) is 0 Å². The number of hydrogen-bond acceptors (Lipinski definition) is 2. The highest BCUT2D eigenvalue weighted by Crippen LogP contribution is 2.45. The van der Waals surface area contributed by atoms with Crippen LogP contribution in [0.15, 0.2) is 24.5 Å². The van der Waals surface area contributed by atoms with Gasteiger partial charge in [0.2, 0.25) is 0 Å². The van der Waals surface area contributed by atoms with Crippen molar-refractivity contribution in [3.63, 3.8) is 0 Å². The standard InChI is InChI=1S/C14H22N2/c1-14(8-4-3-5-9-14)13(15-2)12-7-6-10-16-11-12/h6-7,10-11,13,15H,3-5,8-9H2,1-2H3. The van der Waals surface area contributed by atoms with Gasteiger partial charge in [0, 0.05) is 18.4 Å². The van der Waals surface area contributed by atoms with Crippen molar-refractivity contribution < 1.29 is 0 Å². The predicted molar refractivity (Wildman–Crippen MR) is 67.2 cm³/mol. The normalized spacial score (nSPS) is 21.6. The SMILES string of the molecule is CNC(c1cccnc1)C1(C)CCCCC1. The fraction of sp³-hybridized carbons (Fsp3) is 0.643. The number of nitrogens with zero attached hydrogens (tertiary/aromatic N) is 1. The van der Waals surface area contributed by atoms with E-state index in [0.29, 0.717) is 11.5 Å². The Morgan fingerprint density at radius 2 is 2.06 bits per heavy atom. The summed E-state index contributed by atoms with van der Waals surface area (Å²) in [6.07, 6.45) is 10.6. The first-order valence-electron chi connectivity index (χ1n) is 6.33. The number of rotatable bonds is 3. The Bertz CT molecular complexity index is 315. The molecule has 88 valence electrons. The van der Waals surface area contributed by atoms with Gasteiger partial charge in [0.1, 0.15) is 0 Å². The fourth-order valence-corrected chi connectivity index (χ4v) is 3.11. The summed E-state index contributed by atoms with van der Waals surface area (Å²) in [5.41, 5.74) is 1.73. The molecule has 16 heavy (non-hydrogen) atoms. The summed E-state index contributed by atoms with van der Waals surface area (Å²) < 4.78 is 0. The van der Waals surface area contributed by atoms with E-state index in [1.165, 1.54) is 37.7 Å². The van der Waals surface area contributed by atoms with E-state index in [2.05, 4.69) is 30.3 Å². The van der Waals surface area contributed by atoms with Crippen LogP contribution in [-0.4, -0.2) is 12.0 Å². The Kier molecular flexibility index (Phi) is 3.59. The summed E-state index contributed by atoms with van der Waals surface area (Å²) in [5, 5.41) is 3.49. The zero-order chi connectivity index (χ0) is 11.4. The van der Waals surface area contributed by atoms with Crippen molar-refractivity contribution in [3.8, 4) is 0 Å². The maximum Gasteiger partial charge on any atom is 0.0387 e. The molecule has 2 nitrogen and oxygen atoms in total. The Morgan fingerprint density at radius 1 is 1.31 bits per heavy atom. The molecule has 0 amide bonds. The molecule has 0 spiro atoms. The molecule has 1 aromatic heterocycles. The summed E-state index contributed by atoms with van der Waals surface area (Å²) >= 11 is 0. The van der Waals surface area contributed by atoms with Gasteiger partial charge in [-0.25, -0.2) is 0 Å². The Labute approximate surface area is 98.5 Å². The van der Waals surface area contributed by atoms with Crippen molar-refractivity contribution in [1.82, 2.24) is 10.3 Å². The number of hydrogen-bond donors (Lipinski definition) is 1. The molecule has 1 heterocycles. The molecule has 1 fully saturated rings. The van der Waals surface area contributed by atoms with Crippen molar-refractivity contribution in [2.75, 3.05) is 7.05 Å². The minimum Gasteiger partial charge on any atom is -0.312 e. The van der Waals surface area contributed by atoms with Crippen molar-refractivity contribution in [3.05, 3.63) is 30.1 Å². The van der Waals surface area contributed by atoms with Crippen LogP contribution < -0.4 is 5.32 Å². The van der Waals surface area contributed by atoms with Gasteiger partial charge in [0.05, 0.1) is 0 Å².